The molecule has 1 N–H and O–H groups in total. The number of barbiturate groups is 2. The molecule has 12 nitrogen and oxygen atoms in total. The summed E-state index contributed by atoms with van der Waals surface area (Å²) in [6, 6.07) is 4.50. The van der Waals surface area contributed by atoms with Crippen LogP contribution in [0.1, 0.15) is 33.3 Å². The van der Waals surface area contributed by atoms with Crippen molar-refractivity contribution in [1.82, 2.24) is 19.6 Å². The van der Waals surface area contributed by atoms with Gasteiger partial charge < -0.3 is 5.32 Å². The van der Waals surface area contributed by atoms with Crippen molar-refractivity contribution in [3.63, 3.8) is 0 Å². The van der Waals surface area contributed by atoms with Crippen molar-refractivity contribution in [2.45, 2.75) is 33.1 Å². The summed E-state index contributed by atoms with van der Waals surface area (Å²) in [5.41, 5.74) is -1.98. The van der Waals surface area contributed by atoms with Crippen molar-refractivity contribution in [1.29, 1.82) is 0 Å². The fourth-order valence-electron chi connectivity index (χ4n) is 5.49. The highest BCUT2D eigenvalue weighted by molar-refractivity contribution is 6.27. The van der Waals surface area contributed by atoms with E-state index in [-0.39, 0.29) is 37.4 Å². The molecule has 0 aromatic heterocycles. The van der Waals surface area contributed by atoms with Gasteiger partial charge >= 0.3 is 12.1 Å². The number of para-hydroxylation sites is 1. The van der Waals surface area contributed by atoms with E-state index >= 15 is 0 Å². The van der Waals surface area contributed by atoms with Crippen molar-refractivity contribution in [3.8, 4) is 0 Å². The molecule has 36 heavy (non-hydrogen) atoms. The summed E-state index contributed by atoms with van der Waals surface area (Å²) in [5.74, 6) is -8.59. The van der Waals surface area contributed by atoms with E-state index in [2.05, 4.69) is 5.32 Å². The van der Waals surface area contributed by atoms with Crippen LogP contribution in [0.15, 0.2) is 24.3 Å². The molecule has 4 rings (SSSR count). The molecule has 0 atom stereocenters. The van der Waals surface area contributed by atoms with Crippen LogP contribution in [-0.4, -0.2) is 87.4 Å². The Hall–Kier alpha value is -4.09. The van der Waals surface area contributed by atoms with E-state index in [0.717, 1.165) is 19.6 Å². The van der Waals surface area contributed by atoms with Crippen molar-refractivity contribution in [3.05, 3.63) is 29.8 Å². The molecule has 2 saturated heterocycles. The van der Waals surface area contributed by atoms with E-state index in [1.54, 1.807) is 39.8 Å². The molecule has 0 aliphatic carbocycles. The van der Waals surface area contributed by atoms with Crippen molar-refractivity contribution >= 4 is 47.3 Å². The largest absolute Gasteiger partial charge is 0.333 e. The van der Waals surface area contributed by atoms with Crippen LogP contribution in [0.3, 0.4) is 0 Å². The zero-order valence-electron chi connectivity index (χ0n) is 20.4. The van der Waals surface area contributed by atoms with Gasteiger partial charge in [0.25, 0.3) is 0 Å². The fraction of sp³-hybridized carbons (Fsp3) is 0.458. The van der Waals surface area contributed by atoms with Crippen LogP contribution in [0.5, 0.6) is 0 Å². The third-order valence-electron chi connectivity index (χ3n) is 7.15. The second-order valence-corrected chi connectivity index (χ2v) is 8.63. The SMILES string of the molecule is CCN1C(=O)C(C2(C3C(=O)N(CC)C(=O)N(CC)C3=O)C(=O)Nc3ccccc32)C(=O)N(CC)C1=O. The zero-order valence-corrected chi connectivity index (χ0v) is 20.4. The standard InChI is InChI=1S/C24H27N5O7/c1-5-26-17(30)15(18(31)27(6-2)22(26)35)24(13-11-9-10-12-14(13)25-21(24)34)16-19(32)28(7-3)23(36)29(8-4)20(16)33/h9-12,15-16H,5-8H2,1-4H3,(H,25,34). The number of hydrogen-bond acceptors (Lipinski definition) is 7. The summed E-state index contributed by atoms with van der Waals surface area (Å²) in [7, 11) is 0. The van der Waals surface area contributed by atoms with Gasteiger partial charge in [0.1, 0.15) is 17.3 Å². The lowest BCUT2D eigenvalue weighted by molar-refractivity contribution is -0.164. The number of nitrogens with one attached hydrogen (secondary N) is 1. The summed E-state index contributed by atoms with van der Waals surface area (Å²) >= 11 is 0. The molecule has 0 saturated carbocycles. The third kappa shape index (κ3) is 3.02. The first-order valence-corrected chi connectivity index (χ1v) is 11.9. The Morgan fingerprint density at radius 3 is 1.36 bits per heavy atom. The Morgan fingerprint density at radius 1 is 0.639 bits per heavy atom. The molecule has 190 valence electrons. The topological polar surface area (TPSA) is 144 Å². The lowest BCUT2D eigenvalue weighted by atomic mass is 9.60. The minimum Gasteiger partial charge on any atom is -0.325 e. The second-order valence-electron chi connectivity index (χ2n) is 8.63. The predicted molar refractivity (Wildman–Crippen MR) is 124 cm³/mol. The highest BCUT2D eigenvalue weighted by atomic mass is 16.2. The first-order valence-electron chi connectivity index (χ1n) is 11.9. The molecule has 1 aromatic carbocycles. The fourth-order valence-corrected chi connectivity index (χ4v) is 5.49. The lowest BCUT2D eigenvalue weighted by Crippen LogP contribution is -2.72. The Labute approximate surface area is 207 Å². The lowest BCUT2D eigenvalue weighted by Gasteiger charge is -2.47. The van der Waals surface area contributed by atoms with Gasteiger partial charge in [-0.1, -0.05) is 18.2 Å². The van der Waals surface area contributed by atoms with E-state index in [1.165, 1.54) is 12.1 Å². The first kappa shape index (κ1) is 25.0. The van der Waals surface area contributed by atoms with Crippen LogP contribution in [0.4, 0.5) is 15.3 Å². The summed E-state index contributed by atoms with van der Waals surface area (Å²) in [4.78, 5) is 98.1. The van der Waals surface area contributed by atoms with Crippen molar-refractivity contribution in [2.24, 2.45) is 11.8 Å². The summed E-state index contributed by atoms with van der Waals surface area (Å²) in [6.45, 7) is 5.79. The number of nitrogens with zero attached hydrogens (tertiary/aromatic N) is 4. The van der Waals surface area contributed by atoms with Gasteiger partial charge in [0, 0.05) is 31.9 Å². The number of hydrogen-bond donors (Lipinski definition) is 1. The normalized spacial score (nSPS) is 21.1. The molecule has 3 heterocycles. The number of fused-ring (bicyclic) bond motifs is 1. The van der Waals surface area contributed by atoms with Crippen molar-refractivity contribution < 1.29 is 33.6 Å². The number of benzene rings is 1. The molecule has 0 spiro atoms. The molecule has 1 aromatic rings. The highest BCUT2D eigenvalue weighted by Crippen LogP contribution is 2.52. The summed E-state index contributed by atoms with van der Waals surface area (Å²) in [6.07, 6.45) is 0. The number of amides is 9. The average Bonchev–Trinajstić information content (AvgIpc) is 3.12. The quantitative estimate of drug-likeness (QED) is 0.572. The van der Waals surface area contributed by atoms with Gasteiger partial charge in [-0.05, 0) is 39.3 Å². The number of imide groups is 4. The monoisotopic (exact) mass is 497 g/mol. The second kappa shape index (κ2) is 8.85. The van der Waals surface area contributed by atoms with Gasteiger partial charge in [-0.15, -0.1) is 0 Å². The van der Waals surface area contributed by atoms with Gasteiger partial charge in [-0.25, -0.2) is 9.59 Å². The molecule has 12 heteroatoms. The zero-order chi connectivity index (χ0) is 26.5. The van der Waals surface area contributed by atoms with Gasteiger partial charge in [0.05, 0.1) is 0 Å². The van der Waals surface area contributed by atoms with Crippen LogP contribution < -0.4 is 5.32 Å². The smallest absolute Gasteiger partial charge is 0.325 e. The number of carbonyl (C=O) groups excluding carboxylic acids is 7. The maximum absolute atomic E-state index is 13.9. The van der Waals surface area contributed by atoms with E-state index < -0.39 is 58.8 Å². The van der Waals surface area contributed by atoms with Gasteiger partial charge in [0.15, 0.2) is 0 Å². The summed E-state index contributed by atoms with van der Waals surface area (Å²) in [5, 5.41) is 2.63. The Morgan fingerprint density at radius 2 is 1.00 bits per heavy atom. The molecule has 0 bridgehead atoms. The highest BCUT2D eigenvalue weighted by Gasteiger charge is 2.71. The van der Waals surface area contributed by atoms with Gasteiger partial charge in [-0.2, -0.15) is 0 Å². The van der Waals surface area contributed by atoms with Crippen LogP contribution in [-0.2, 0) is 29.4 Å². The van der Waals surface area contributed by atoms with Gasteiger partial charge in [-0.3, -0.25) is 43.6 Å². The Balaban J connectivity index is 2.07. The number of carbonyl (C=O) groups is 7. The average molecular weight is 498 g/mol. The van der Waals surface area contributed by atoms with Crippen LogP contribution in [0, 0.1) is 11.8 Å². The van der Waals surface area contributed by atoms with Crippen molar-refractivity contribution in [2.75, 3.05) is 31.5 Å². The van der Waals surface area contributed by atoms with E-state index in [0.29, 0.717) is 0 Å². The van der Waals surface area contributed by atoms with Gasteiger partial charge in [0.2, 0.25) is 29.5 Å². The van der Waals surface area contributed by atoms with E-state index in [1.807, 2.05) is 0 Å². The molecule has 2 fully saturated rings. The molecule has 0 radical (unpaired) electrons. The maximum atomic E-state index is 13.9. The first-order chi connectivity index (χ1) is 17.1. The number of urea groups is 2. The maximum Gasteiger partial charge on any atom is 0.333 e. The molecule has 9 amide bonds. The minimum atomic E-state index is -2.32. The van der Waals surface area contributed by atoms with Crippen LogP contribution >= 0.6 is 0 Å². The van der Waals surface area contributed by atoms with Crippen LogP contribution in [0.25, 0.3) is 0 Å². The van der Waals surface area contributed by atoms with Crippen LogP contribution in [0.2, 0.25) is 0 Å². The Bertz CT molecular complexity index is 1100. The minimum absolute atomic E-state index is 0.0928. The van der Waals surface area contributed by atoms with E-state index in [9.17, 15) is 33.6 Å². The number of rotatable bonds is 6. The third-order valence-corrected chi connectivity index (χ3v) is 7.15. The Kier molecular flexibility index (Phi) is 6.15. The molecular formula is C24H27N5O7. The summed E-state index contributed by atoms with van der Waals surface area (Å²) < 4.78 is 0. The number of anilines is 1. The molecule has 0 unspecified atom stereocenters. The van der Waals surface area contributed by atoms with E-state index in [4.69, 9.17) is 0 Å². The molecular weight excluding hydrogens is 470 g/mol. The predicted octanol–water partition coefficient (Wildman–Crippen LogP) is 0.770. The molecule has 3 aliphatic heterocycles. The molecule has 3 aliphatic rings.